The van der Waals surface area contributed by atoms with E-state index in [1.807, 2.05) is 12.1 Å². The molecule has 0 saturated carbocycles. The molecule has 0 radical (unpaired) electrons. The summed E-state index contributed by atoms with van der Waals surface area (Å²) in [6, 6.07) is 30.0. The topological polar surface area (TPSA) is 13.6 Å². The maximum Gasteiger partial charge on any atom is 0.118 e. The number of hydrogen-bond acceptors (Lipinski definition) is 1. The number of aromatic nitrogens is 1. The zero-order valence-electron chi connectivity index (χ0n) is 13.9. The highest BCUT2D eigenvalue weighted by molar-refractivity contribution is 6.04. The van der Waals surface area contributed by atoms with E-state index >= 15 is 0 Å². The van der Waals surface area contributed by atoms with E-state index in [2.05, 4.69) is 77.2 Å². The number of methoxy groups -OCH3 is 1. The molecule has 0 bridgehead atoms. The summed E-state index contributed by atoms with van der Waals surface area (Å²) in [4.78, 5) is 0. The van der Waals surface area contributed by atoms with Crippen LogP contribution >= 0.6 is 0 Å². The molecule has 120 valence electrons. The molecule has 0 saturated heterocycles. The molecule has 0 atom stereocenters. The Morgan fingerprint density at radius 2 is 1.40 bits per heavy atom. The van der Waals surface area contributed by atoms with Gasteiger partial charge < -0.3 is 9.14 Å². The summed E-state index contributed by atoms with van der Waals surface area (Å²) in [6.45, 7) is 0. The van der Waals surface area contributed by atoms with Crippen LogP contribution in [-0.2, 0) is 0 Å². The molecule has 2 aromatic heterocycles. The normalized spacial score (nSPS) is 11.4. The van der Waals surface area contributed by atoms with Gasteiger partial charge in [-0.2, -0.15) is 0 Å². The zero-order valence-corrected chi connectivity index (χ0v) is 13.9. The molecule has 0 aliphatic rings. The number of hydrogen-bond donors (Lipinski definition) is 0. The van der Waals surface area contributed by atoms with Crippen molar-refractivity contribution in [1.82, 2.24) is 4.40 Å². The molecule has 5 rings (SSSR count). The molecule has 0 aliphatic heterocycles. The average molecular weight is 323 g/mol. The van der Waals surface area contributed by atoms with Gasteiger partial charge in [0.15, 0.2) is 0 Å². The smallest absolute Gasteiger partial charge is 0.118 e. The van der Waals surface area contributed by atoms with E-state index in [0.717, 1.165) is 5.75 Å². The van der Waals surface area contributed by atoms with Crippen molar-refractivity contribution in [3.8, 4) is 17.0 Å². The van der Waals surface area contributed by atoms with Crippen LogP contribution in [0.15, 0.2) is 84.9 Å². The monoisotopic (exact) mass is 323 g/mol. The lowest BCUT2D eigenvalue weighted by Gasteiger charge is -2.12. The quantitative estimate of drug-likeness (QED) is 0.393. The first kappa shape index (κ1) is 14.1. The predicted molar refractivity (Wildman–Crippen MR) is 104 cm³/mol. The van der Waals surface area contributed by atoms with E-state index in [0.29, 0.717) is 0 Å². The summed E-state index contributed by atoms with van der Waals surface area (Å²) in [7, 11) is 1.70. The molecule has 0 spiro atoms. The van der Waals surface area contributed by atoms with E-state index < -0.39 is 0 Å². The summed E-state index contributed by atoms with van der Waals surface area (Å²) in [5, 5.41) is 3.79. The summed E-state index contributed by atoms with van der Waals surface area (Å²) >= 11 is 0. The average Bonchev–Trinajstić information content (AvgIpc) is 3.07. The molecule has 0 amide bonds. The number of pyridine rings is 1. The van der Waals surface area contributed by atoms with Crippen molar-refractivity contribution in [2.45, 2.75) is 0 Å². The summed E-state index contributed by atoms with van der Waals surface area (Å²) in [5.41, 5.74) is 4.84. The fraction of sp³-hybridized carbons (Fsp3) is 0.0435. The Kier molecular flexibility index (Phi) is 3.04. The third-order valence-electron chi connectivity index (χ3n) is 4.87. The van der Waals surface area contributed by atoms with E-state index in [4.69, 9.17) is 4.74 Å². The van der Waals surface area contributed by atoms with Gasteiger partial charge in [0.25, 0.3) is 0 Å². The lowest BCUT2D eigenvalue weighted by Crippen LogP contribution is -1.93. The Labute approximate surface area is 145 Å². The third-order valence-corrected chi connectivity index (χ3v) is 4.87. The van der Waals surface area contributed by atoms with Gasteiger partial charge in [-0.3, -0.25) is 0 Å². The van der Waals surface area contributed by atoms with Crippen molar-refractivity contribution in [2.75, 3.05) is 7.11 Å². The molecule has 2 heterocycles. The first-order valence-electron chi connectivity index (χ1n) is 8.41. The summed E-state index contributed by atoms with van der Waals surface area (Å²) in [5.74, 6) is 0.873. The highest BCUT2D eigenvalue weighted by Crippen LogP contribution is 2.34. The van der Waals surface area contributed by atoms with Crippen molar-refractivity contribution in [3.63, 3.8) is 0 Å². The van der Waals surface area contributed by atoms with Gasteiger partial charge in [-0.05, 0) is 53.4 Å². The Morgan fingerprint density at radius 3 is 2.20 bits per heavy atom. The van der Waals surface area contributed by atoms with Gasteiger partial charge in [-0.15, -0.1) is 0 Å². The molecule has 5 aromatic rings. The van der Waals surface area contributed by atoms with Crippen LogP contribution < -0.4 is 4.74 Å². The number of nitrogens with zero attached hydrogens (tertiary/aromatic N) is 1. The SMILES string of the molecule is COc1ccc(-c2cc3ccccc3c3cc4ccccc4n23)cc1. The van der Waals surface area contributed by atoms with Gasteiger partial charge in [0.05, 0.1) is 23.8 Å². The van der Waals surface area contributed by atoms with E-state index in [-0.39, 0.29) is 0 Å². The molecule has 0 unspecified atom stereocenters. The molecule has 25 heavy (non-hydrogen) atoms. The van der Waals surface area contributed by atoms with Crippen LogP contribution in [0.1, 0.15) is 0 Å². The summed E-state index contributed by atoms with van der Waals surface area (Å²) in [6.07, 6.45) is 0. The molecule has 2 nitrogen and oxygen atoms in total. The third kappa shape index (κ3) is 2.11. The van der Waals surface area contributed by atoms with Crippen molar-refractivity contribution in [3.05, 3.63) is 84.9 Å². The Morgan fingerprint density at radius 1 is 0.680 bits per heavy atom. The van der Waals surface area contributed by atoms with Gasteiger partial charge in [-0.1, -0.05) is 42.5 Å². The van der Waals surface area contributed by atoms with Crippen LogP contribution in [0.4, 0.5) is 0 Å². The number of benzene rings is 3. The first-order chi connectivity index (χ1) is 12.3. The van der Waals surface area contributed by atoms with Crippen LogP contribution in [0.3, 0.4) is 0 Å². The Balaban J connectivity index is 1.95. The van der Waals surface area contributed by atoms with E-state index in [1.165, 1.54) is 38.4 Å². The predicted octanol–water partition coefficient (Wildman–Crippen LogP) is 5.92. The fourth-order valence-electron chi connectivity index (χ4n) is 3.65. The number of fused-ring (bicyclic) bond motifs is 5. The highest BCUT2D eigenvalue weighted by Gasteiger charge is 2.12. The van der Waals surface area contributed by atoms with Gasteiger partial charge in [0.2, 0.25) is 0 Å². The van der Waals surface area contributed by atoms with Crippen molar-refractivity contribution in [2.24, 2.45) is 0 Å². The number of para-hydroxylation sites is 1. The minimum absolute atomic E-state index is 0.873. The minimum atomic E-state index is 0.873. The summed E-state index contributed by atoms with van der Waals surface area (Å²) < 4.78 is 7.67. The minimum Gasteiger partial charge on any atom is -0.497 e. The van der Waals surface area contributed by atoms with Crippen LogP contribution in [-0.4, -0.2) is 11.5 Å². The second kappa shape index (κ2) is 5.38. The fourth-order valence-corrected chi connectivity index (χ4v) is 3.65. The molecule has 2 heteroatoms. The lowest BCUT2D eigenvalue weighted by atomic mass is 10.1. The van der Waals surface area contributed by atoms with Gasteiger partial charge in [0.1, 0.15) is 5.75 Å². The van der Waals surface area contributed by atoms with E-state index in [9.17, 15) is 0 Å². The second-order valence-electron chi connectivity index (χ2n) is 6.27. The first-order valence-corrected chi connectivity index (χ1v) is 8.41. The second-order valence-corrected chi connectivity index (χ2v) is 6.27. The Hall–Kier alpha value is -3.26. The largest absolute Gasteiger partial charge is 0.497 e. The van der Waals surface area contributed by atoms with Gasteiger partial charge >= 0.3 is 0 Å². The molecular weight excluding hydrogens is 306 g/mol. The molecule has 0 N–H and O–H groups in total. The van der Waals surface area contributed by atoms with Crippen LogP contribution in [0.25, 0.3) is 38.4 Å². The van der Waals surface area contributed by atoms with Crippen LogP contribution in [0, 0.1) is 0 Å². The van der Waals surface area contributed by atoms with Crippen LogP contribution in [0.2, 0.25) is 0 Å². The van der Waals surface area contributed by atoms with Gasteiger partial charge in [0, 0.05) is 10.8 Å². The maximum absolute atomic E-state index is 5.31. The molecule has 0 aliphatic carbocycles. The number of rotatable bonds is 2. The highest BCUT2D eigenvalue weighted by atomic mass is 16.5. The van der Waals surface area contributed by atoms with Crippen molar-refractivity contribution in [1.29, 1.82) is 0 Å². The molecular formula is C23H17NO. The number of ether oxygens (including phenoxy) is 1. The lowest BCUT2D eigenvalue weighted by molar-refractivity contribution is 0.415. The maximum atomic E-state index is 5.31. The Bertz CT molecular complexity index is 1220. The van der Waals surface area contributed by atoms with Crippen molar-refractivity contribution < 1.29 is 4.74 Å². The zero-order chi connectivity index (χ0) is 16.8. The standard InChI is InChI=1S/C23H17NO/c1-25-19-12-10-16(11-13-19)22-14-17-6-2-4-8-20(17)23-15-18-7-3-5-9-21(18)24(22)23/h2-15H,1H3. The molecule has 3 aromatic carbocycles. The van der Waals surface area contributed by atoms with Crippen LogP contribution in [0.5, 0.6) is 5.75 Å². The van der Waals surface area contributed by atoms with E-state index in [1.54, 1.807) is 7.11 Å². The van der Waals surface area contributed by atoms with Crippen molar-refractivity contribution >= 4 is 27.2 Å². The molecule has 0 fully saturated rings. The van der Waals surface area contributed by atoms with Gasteiger partial charge in [-0.25, -0.2) is 0 Å².